The Morgan fingerprint density at radius 1 is 1.09 bits per heavy atom. The second-order valence-electron chi connectivity index (χ2n) is 9.81. The maximum Gasteiger partial charge on any atom is 0.291 e. The third-order valence-electron chi connectivity index (χ3n) is 7.00. The summed E-state index contributed by atoms with van der Waals surface area (Å²) in [4.78, 5) is 29.6. The van der Waals surface area contributed by atoms with Crippen molar-refractivity contribution in [1.29, 1.82) is 0 Å². The van der Waals surface area contributed by atoms with Gasteiger partial charge in [0.1, 0.15) is 5.76 Å². The van der Waals surface area contributed by atoms with Gasteiger partial charge in [0.05, 0.1) is 11.4 Å². The van der Waals surface area contributed by atoms with Crippen LogP contribution in [0.15, 0.2) is 34.7 Å². The zero-order chi connectivity index (χ0) is 23.6. The Labute approximate surface area is 196 Å². The van der Waals surface area contributed by atoms with Crippen LogP contribution in [0.1, 0.15) is 60.4 Å². The third-order valence-corrected chi connectivity index (χ3v) is 7.00. The Morgan fingerprint density at radius 2 is 1.79 bits per heavy atom. The number of benzene rings is 1. The van der Waals surface area contributed by atoms with Gasteiger partial charge in [0.25, 0.3) is 5.91 Å². The number of piperidine rings is 1. The number of hydrogen-bond acceptors (Lipinski definition) is 5. The maximum atomic E-state index is 13.0. The van der Waals surface area contributed by atoms with Crippen LogP contribution in [0.3, 0.4) is 0 Å². The number of amides is 2. The molecule has 3 heterocycles. The molecule has 0 spiro atoms. The van der Waals surface area contributed by atoms with Gasteiger partial charge in [0, 0.05) is 51.7 Å². The fourth-order valence-corrected chi connectivity index (χ4v) is 4.88. The lowest BCUT2D eigenvalue weighted by atomic mass is 9.79. The first-order valence-electron chi connectivity index (χ1n) is 11.8. The zero-order valence-corrected chi connectivity index (χ0v) is 20.1. The van der Waals surface area contributed by atoms with E-state index in [-0.39, 0.29) is 17.2 Å². The lowest BCUT2D eigenvalue weighted by molar-refractivity contribution is -0.139. The first-order valence-corrected chi connectivity index (χ1v) is 11.8. The number of hydrogen-bond donors (Lipinski definition) is 1. The van der Waals surface area contributed by atoms with E-state index in [1.165, 1.54) is 0 Å². The molecular weight excluding hydrogens is 418 g/mol. The van der Waals surface area contributed by atoms with Gasteiger partial charge in [-0.15, -0.1) is 0 Å². The van der Waals surface area contributed by atoms with Gasteiger partial charge in [0.15, 0.2) is 5.76 Å². The van der Waals surface area contributed by atoms with Crippen molar-refractivity contribution in [3.63, 3.8) is 0 Å². The number of carbonyl (C=O) groups excluding carboxylic acids is 2. The van der Waals surface area contributed by atoms with Gasteiger partial charge in [-0.25, -0.2) is 0 Å². The summed E-state index contributed by atoms with van der Waals surface area (Å²) in [7, 11) is 3.63. The predicted octanol–water partition coefficient (Wildman–Crippen LogP) is 4.43. The summed E-state index contributed by atoms with van der Waals surface area (Å²) < 4.78 is 11.4. The van der Waals surface area contributed by atoms with Gasteiger partial charge < -0.3 is 24.3 Å². The Balaban J connectivity index is 1.47. The molecular formula is C26H35N3O4. The van der Waals surface area contributed by atoms with E-state index in [9.17, 15) is 9.59 Å². The molecule has 2 aliphatic heterocycles. The lowest BCUT2D eigenvalue weighted by Gasteiger charge is -2.41. The summed E-state index contributed by atoms with van der Waals surface area (Å²) in [5, 5.41) is 3.07. The van der Waals surface area contributed by atoms with Crippen LogP contribution in [0, 0.1) is 12.3 Å². The van der Waals surface area contributed by atoms with E-state index < -0.39 is 0 Å². The number of ether oxygens (including phenoxy) is 1. The van der Waals surface area contributed by atoms with E-state index in [1.54, 1.807) is 11.0 Å². The third kappa shape index (κ3) is 5.08. The number of anilines is 2. The average molecular weight is 454 g/mol. The Bertz CT molecular complexity index is 999. The highest BCUT2D eigenvalue weighted by molar-refractivity contribution is 6.04. The van der Waals surface area contributed by atoms with Crippen LogP contribution in [0.4, 0.5) is 11.4 Å². The first-order chi connectivity index (χ1) is 15.8. The van der Waals surface area contributed by atoms with Crippen molar-refractivity contribution in [2.24, 2.45) is 5.41 Å². The molecule has 4 rings (SSSR count). The average Bonchev–Trinajstić information content (AvgIpc) is 3.31. The van der Waals surface area contributed by atoms with Crippen molar-refractivity contribution >= 4 is 23.2 Å². The number of furan rings is 1. The van der Waals surface area contributed by atoms with E-state index in [1.807, 2.05) is 33.2 Å². The Morgan fingerprint density at radius 3 is 2.45 bits per heavy atom. The zero-order valence-electron chi connectivity index (χ0n) is 20.1. The van der Waals surface area contributed by atoms with Crippen molar-refractivity contribution in [3.05, 3.63) is 47.4 Å². The molecule has 2 fully saturated rings. The van der Waals surface area contributed by atoms with Crippen molar-refractivity contribution in [3.8, 4) is 0 Å². The number of carbonyl (C=O) groups is 2. The number of aryl methyl sites for hydroxylation is 1. The molecule has 0 unspecified atom stereocenters. The highest BCUT2D eigenvalue weighted by atomic mass is 16.5. The highest BCUT2D eigenvalue weighted by Gasteiger charge is 2.38. The molecule has 7 heteroatoms. The smallest absolute Gasteiger partial charge is 0.291 e. The molecule has 2 aromatic rings. The number of nitrogens with zero attached hydrogens (tertiary/aromatic N) is 2. The standard InChI is InChI=1S/C26H35N3O4/c1-18-5-6-21(29-13-11-26(2,12-14-29)25(31)28(3)4)20(17-18)27-24(30)23-8-7-22(33-23)19-9-15-32-16-10-19/h5-8,17,19H,9-16H2,1-4H3,(H,27,30). The van der Waals surface area contributed by atoms with Gasteiger partial charge in [0.2, 0.25) is 5.91 Å². The molecule has 1 N–H and O–H groups in total. The summed E-state index contributed by atoms with van der Waals surface area (Å²) >= 11 is 0. The molecule has 0 radical (unpaired) electrons. The summed E-state index contributed by atoms with van der Waals surface area (Å²) in [6.07, 6.45) is 3.39. The number of nitrogens with one attached hydrogen (secondary N) is 1. The molecule has 7 nitrogen and oxygen atoms in total. The maximum absolute atomic E-state index is 13.0. The molecule has 1 aromatic heterocycles. The molecule has 0 atom stereocenters. The molecule has 0 bridgehead atoms. The van der Waals surface area contributed by atoms with E-state index in [2.05, 4.69) is 29.3 Å². The SMILES string of the molecule is Cc1ccc(N2CCC(C)(C(=O)N(C)C)CC2)c(NC(=O)c2ccc(C3CCOCC3)o2)c1. The minimum absolute atomic E-state index is 0.178. The van der Waals surface area contributed by atoms with Crippen molar-refractivity contribution < 1.29 is 18.7 Å². The molecule has 178 valence electrons. The fraction of sp³-hybridized carbons (Fsp3) is 0.538. The van der Waals surface area contributed by atoms with Gasteiger partial charge in [-0.1, -0.05) is 13.0 Å². The minimum atomic E-state index is -0.344. The summed E-state index contributed by atoms with van der Waals surface area (Å²) in [6, 6.07) is 9.77. The van der Waals surface area contributed by atoms with Crippen LogP contribution in [0.25, 0.3) is 0 Å². The minimum Gasteiger partial charge on any atom is -0.456 e. The Kier molecular flexibility index (Phi) is 6.79. The largest absolute Gasteiger partial charge is 0.456 e. The summed E-state index contributed by atoms with van der Waals surface area (Å²) in [5.41, 5.74) is 2.47. The van der Waals surface area contributed by atoms with Crippen molar-refractivity contribution in [2.45, 2.75) is 45.4 Å². The molecule has 2 amide bonds. The van der Waals surface area contributed by atoms with Gasteiger partial charge >= 0.3 is 0 Å². The van der Waals surface area contributed by atoms with E-state index in [0.717, 1.165) is 74.7 Å². The first kappa shape index (κ1) is 23.4. The van der Waals surface area contributed by atoms with E-state index in [0.29, 0.717) is 11.7 Å². The van der Waals surface area contributed by atoms with Crippen LogP contribution in [-0.2, 0) is 9.53 Å². The van der Waals surface area contributed by atoms with Gasteiger partial charge in [-0.2, -0.15) is 0 Å². The summed E-state index contributed by atoms with van der Waals surface area (Å²) in [5.74, 6) is 1.42. The fourth-order valence-electron chi connectivity index (χ4n) is 4.88. The second kappa shape index (κ2) is 9.59. The predicted molar refractivity (Wildman–Crippen MR) is 129 cm³/mol. The lowest BCUT2D eigenvalue weighted by Crippen LogP contribution is -2.47. The highest BCUT2D eigenvalue weighted by Crippen LogP contribution is 2.37. The van der Waals surface area contributed by atoms with Crippen LogP contribution >= 0.6 is 0 Å². The van der Waals surface area contributed by atoms with Crippen LogP contribution < -0.4 is 10.2 Å². The quantitative estimate of drug-likeness (QED) is 0.725. The molecule has 0 aliphatic carbocycles. The van der Waals surface area contributed by atoms with E-state index >= 15 is 0 Å². The van der Waals surface area contributed by atoms with Crippen molar-refractivity contribution in [1.82, 2.24) is 4.90 Å². The van der Waals surface area contributed by atoms with Gasteiger partial charge in [-0.3, -0.25) is 9.59 Å². The molecule has 33 heavy (non-hydrogen) atoms. The summed E-state index contributed by atoms with van der Waals surface area (Å²) in [6.45, 7) is 7.05. The molecule has 0 saturated carbocycles. The molecule has 2 aliphatic rings. The topological polar surface area (TPSA) is 75.0 Å². The molecule has 1 aromatic carbocycles. The number of rotatable bonds is 5. The van der Waals surface area contributed by atoms with Crippen LogP contribution in [-0.4, -0.2) is 57.1 Å². The van der Waals surface area contributed by atoms with Crippen molar-refractivity contribution in [2.75, 3.05) is 50.6 Å². The second-order valence-corrected chi connectivity index (χ2v) is 9.81. The van der Waals surface area contributed by atoms with Crippen LogP contribution in [0.2, 0.25) is 0 Å². The Hall–Kier alpha value is -2.80. The van der Waals surface area contributed by atoms with Gasteiger partial charge in [-0.05, 0) is 62.4 Å². The monoisotopic (exact) mass is 453 g/mol. The normalized spacial score (nSPS) is 18.7. The van der Waals surface area contributed by atoms with E-state index in [4.69, 9.17) is 9.15 Å². The van der Waals surface area contributed by atoms with Crippen LogP contribution in [0.5, 0.6) is 0 Å². The molecule has 2 saturated heterocycles.